The maximum atomic E-state index is 8.73. The van der Waals surface area contributed by atoms with Gasteiger partial charge in [0.1, 0.15) is 6.10 Å². The maximum absolute atomic E-state index is 8.73. The summed E-state index contributed by atoms with van der Waals surface area (Å²) in [4.78, 5) is 1.48. The van der Waals surface area contributed by atoms with E-state index in [0.717, 1.165) is 0 Å². The van der Waals surface area contributed by atoms with Gasteiger partial charge in [-0.15, -0.1) is 10.2 Å². The third-order valence-electron chi connectivity index (χ3n) is 1.71. The van der Waals surface area contributed by atoms with Crippen molar-refractivity contribution in [1.82, 2.24) is 20.2 Å². The summed E-state index contributed by atoms with van der Waals surface area (Å²) >= 11 is 0. The van der Waals surface area contributed by atoms with Gasteiger partial charge in [-0.05, 0) is 12.1 Å². The van der Waals surface area contributed by atoms with Crippen molar-refractivity contribution < 1.29 is 9.84 Å². The Labute approximate surface area is 76.5 Å². The lowest BCUT2D eigenvalue weighted by Gasteiger charge is -2.07. The molecule has 0 aliphatic heterocycles. The van der Waals surface area contributed by atoms with E-state index in [2.05, 4.69) is 15.4 Å². The van der Waals surface area contributed by atoms with E-state index in [4.69, 9.17) is 9.84 Å². The van der Waals surface area contributed by atoms with Crippen molar-refractivity contribution in [3.63, 3.8) is 0 Å². The van der Waals surface area contributed by atoms with Crippen LogP contribution in [-0.4, -0.2) is 39.0 Å². The molecular formula is C7H14N4O2. The molecule has 0 fully saturated rings. The Morgan fingerprint density at radius 2 is 2.38 bits per heavy atom. The highest BCUT2D eigenvalue weighted by Crippen LogP contribution is 2.14. The van der Waals surface area contributed by atoms with Gasteiger partial charge in [-0.25, -0.2) is 0 Å². The average Bonchev–Trinajstić information content (AvgIpc) is 2.62. The molecular weight excluding hydrogens is 172 g/mol. The summed E-state index contributed by atoms with van der Waals surface area (Å²) in [6.45, 7) is 2.67. The molecule has 0 aliphatic carbocycles. The van der Waals surface area contributed by atoms with Crippen LogP contribution in [0.15, 0.2) is 0 Å². The maximum Gasteiger partial charge on any atom is 0.203 e. The Morgan fingerprint density at radius 1 is 1.62 bits per heavy atom. The Hall–Kier alpha value is -1.01. The third-order valence-corrected chi connectivity index (χ3v) is 1.71. The summed E-state index contributed by atoms with van der Waals surface area (Å²) in [7, 11) is 1.56. The van der Waals surface area contributed by atoms with Crippen LogP contribution in [0.3, 0.4) is 0 Å². The van der Waals surface area contributed by atoms with Crippen LogP contribution < -0.4 is 0 Å². The molecule has 0 spiro atoms. The lowest BCUT2D eigenvalue weighted by atomic mass is 10.2. The van der Waals surface area contributed by atoms with Gasteiger partial charge in [0.15, 0.2) is 0 Å². The van der Waals surface area contributed by atoms with Gasteiger partial charge < -0.3 is 9.84 Å². The minimum Gasteiger partial charge on any atom is -0.396 e. The van der Waals surface area contributed by atoms with Crippen molar-refractivity contribution in [2.75, 3.05) is 13.7 Å². The van der Waals surface area contributed by atoms with Gasteiger partial charge in [0, 0.05) is 20.1 Å². The molecule has 0 aliphatic rings. The number of ether oxygens (including phenoxy) is 1. The van der Waals surface area contributed by atoms with Crippen LogP contribution in [0.5, 0.6) is 0 Å². The van der Waals surface area contributed by atoms with Crippen molar-refractivity contribution in [1.29, 1.82) is 0 Å². The zero-order valence-electron chi connectivity index (χ0n) is 7.84. The number of hydrogen-bond donors (Lipinski definition) is 1. The SMILES string of the molecule is CCn1nnc([C@H](CCO)OC)n1. The van der Waals surface area contributed by atoms with E-state index in [1.165, 1.54) is 4.80 Å². The van der Waals surface area contributed by atoms with Crippen LogP contribution in [0.25, 0.3) is 0 Å². The summed E-state index contributed by atoms with van der Waals surface area (Å²) in [5, 5.41) is 20.4. The molecule has 1 aromatic rings. The quantitative estimate of drug-likeness (QED) is 0.687. The molecule has 1 aromatic heterocycles. The first-order valence-electron chi connectivity index (χ1n) is 4.23. The highest BCUT2D eigenvalue weighted by Gasteiger charge is 2.15. The average molecular weight is 186 g/mol. The minimum atomic E-state index is -0.259. The van der Waals surface area contributed by atoms with Crippen molar-refractivity contribution in [3.05, 3.63) is 5.82 Å². The number of hydrogen-bond acceptors (Lipinski definition) is 5. The fraction of sp³-hybridized carbons (Fsp3) is 0.857. The number of rotatable bonds is 5. The molecule has 0 unspecified atom stereocenters. The van der Waals surface area contributed by atoms with Gasteiger partial charge in [-0.1, -0.05) is 0 Å². The Bertz CT molecular complexity index is 250. The fourth-order valence-electron chi connectivity index (χ4n) is 0.988. The van der Waals surface area contributed by atoms with Crippen LogP contribution in [-0.2, 0) is 11.3 Å². The summed E-state index contributed by atoms with van der Waals surface area (Å²) in [6, 6.07) is 0. The molecule has 0 saturated carbocycles. The Balaban J connectivity index is 2.67. The Kier molecular flexibility index (Phi) is 3.78. The van der Waals surface area contributed by atoms with Gasteiger partial charge in [0.2, 0.25) is 5.82 Å². The molecule has 0 amide bonds. The van der Waals surface area contributed by atoms with Crippen molar-refractivity contribution in [2.45, 2.75) is 26.0 Å². The monoisotopic (exact) mass is 186 g/mol. The number of aryl methyl sites for hydroxylation is 1. The Morgan fingerprint density at radius 3 is 2.85 bits per heavy atom. The molecule has 1 rings (SSSR count). The zero-order chi connectivity index (χ0) is 9.68. The first kappa shape index (κ1) is 10.1. The topological polar surface area (TPSA) is 73.1 Å². The first-order valence-corrected chi connectivity index (χ1v) is 4.23. The van der Waals surface area contributed by atoms with Crippen molar-refractivity contribution in [3.8, 4) is 0 Å². The molecule has 1 heterocycles. The van der Waals surface area contributed by atoms with E-state index in [1.54, 1.807) is 7.11 Å². The zero-order valence-corrected chi connectivity index (χ0v) is 7.84. The van der Waals surface area contributed by atoms with Crippen LogP contribution >= 0.6 is 0 Å². The van der Waals surface area contributed by atoms with E-state index >= 15 is 0 Å². The summed E-state index contributed by atoms with van der Waals surface area (Å²) < 4.78 is 5.10. The number of aliphatic hydroxyl groups is 1. The number of methoxy groups -OCH3 is 1. The van der Waals surface area contributed by atoms with E-state index in [1.807, 2.05) is 6.92 Å². The molecule has 1 atom stereocenters. The van der Waals surface area contributed by atoms with E-state index in [9.17, 15) is 0 Å². The standard InChI is InChI=1S/C7H14N4O2/c1-3-11-9-7(8-10-11)6(13-2)4-5-12/h6,12H,3-5H2,1-2H3/t6-/m0/s1. The smallest absolute Gasteiger partial charge is 0.203 e. The van der Waals surface area contributed by atoms with E-state index in [-0.39, 0.29) is 12.7 Å². The second-order valence-corrected chi connectivity index (χ2v) is 2.57. The largest absolute Gasteiger partial charge is 0.396 e. The van der Waals surface area contributed by atoms with Crippen LogP contribution in [0, 0.1) is 0 Å². The van der Waals surface area contributed by atoms with Gasteiger partial charge in [-0.3, -0.25) is 0 Å². The van der Waals surface area contributed by atoms with Crippen LogP contribution in [0.1, 0.15) is 25.3 Å². The minimum absolute atomic E-state index is 0.0547. The molecule has 1 N–H and O–H groups in total. The van der Waals surface area contributed by atoms with Crippen molar-refractivity contribution >= 4 is 0 Å². The second kappa shape index (κ2) is 4.88. The van der Waals surface area contributed by atoms with Crippen LogP contribution in [0.4, 0.5) is 0 Å². The normalized spacial score (nSPS) is 13.2. The lowest BCUT2D eigenvalue weighted by molar-refractivity contribution is 0.0706. The van der Waals surface area contributed by atoms with E-state index in [0.29, 0.717) is 18.8 Å². The first-order chi connectivity index (χ1) is 6.31. The van der Waals surface area contributed by atoms with Crippen LogP contribution in [0.2, 0.25) is 0 Å². The molecule has 0 bridgehead atoms. The molecule has 0 aromatic carbocycles. The number of aromatic nitrogens is 4. The predicted molar refractivity (Wildman–Crippen MR) is 44.9 cm³/mol. The van der Waals surface area contributed by atoms with Gasteiger partial charge in [-0.2, -0.15) is 4.80 Å². The molecule has 0 saturated heterocycles. The molecule has 74 valence electrons. The molecule has 0 radical (unpaired) electrons. The highest BCUT2D eigenvalue weighted by atomic mass is 16.5. The van der Waals surface area contributed by atoms with E-state index < -0.39 is 0 Å². The van der Waals surface area contributed by atoms with Gasteiger partial charge in [0.05, 0.1) is 6.54 Å². The molecule has 13 heavy (non-hydrogen) atoms. The number of aliphatic hydroxyl groups excluding tert-OH is 1. The van der Waals surface area contributed by atoms with Gasteiger partial charge >= 0.3 is 0 Å². The summed E-state index contributed by atoms with van der Waals surface area (Å²) in [5.41, 5.74) is 0. The molecule has 6 heteroatoms. The number of nitrogens with zero attached hydrogens (tertiary/aromatic N) is 4. The highest BCUT2D eigenvalue weighted by molar-refractivity contribution is 4.84. The van der Waals surface area contributed by atoms with Crippen molar-refractivity contribution in [2.24, 2.45) is 0 Å². The van der Waals surface area contributed by atoms with Gasteiger partial charge in [0.25, 0.3) is 0 Å². The summed E-state index contributed by atoms with van der Waals surface area (Å²) in [6.07, 6.45) is 0.233. The summed E-state index contributed by atoms with van der Waals surface area (Å²) in [5.74, 6) is 0.526. The fourth-order valence-corrected chi connectivity index (χ4v) is 0.988. The third kappa shape index (κ3) is 2.46. The predicted octanol–water partition coefficient (Wildman–Crippen LogP) is -0.237. The lowest BCUT2D eigenvalue weighted by Crippen LogP contribution is -2.07. The molecule has 6 nitrogen and oxygen atoms in total. The second-order valence-electron chi connectivity index (χ2n) is 2.57. The number of tetrazole rings is 1.